The molecule has 1 aliphatic heterocycles. The molecule has 1 amide bonds. The Labute approximate surface area is 187 Å². The monoisotopic (exact) mass is 458 g/mol. The van der Waals surface area contributed by atoms with Crippen molar-refractivity contribution >= 4 is 27.6 Å². The summed E-state index contributed by atoms with van der Waals surface area (Å²) in [6.45, 7) is 0.320. The minimum Gasteiger partial charge on any atom is -0.482 e. The van der Waals surface area contributed by atoms with Crippen molar-refractivity contribution in [2.45, 2.75) is 37.0 Å². The highest BCUT2D eigenvalue weighted by Gasteiger charge is 2.27. The molecule has 170 valence electrons. The Morgan fingerprint density at radius 3 is 2.38 bits per heavy atom. The van der Waals surface area contributed by atoms with Crippen LogP contribution in [0, 0.1) is 0 Å². The standard InChI is InChI=1S/C23H26N2O6S/c26-22(15-31-23(27)16-30-20-9-6-17-4-3-5-18(17)14-20)24-19-7-10-21(11-8-19)32(28,29)25-12-1-2-13-25/h6-11,14H,1-5,12-13,15-16H2,(H,24,26). The smallest absolute Gasteiger partial charge is 0.344 e. The van der Waals surface area contributed by atoms with Gasteiger partial charge in [-0.15, -0.1) is 0 Å². The molecule has 2 aromatic carbocycles. The van der Waals surface area contributed by atoms with E-state index >= 15 is 0 Å². The topological polar surface area (TPSA) is 102 Å². The Hall–Kier alpha value is -2.91. The summed E-state index contributed by atoms with van der Waals surface area (Å²) in [5.74, 6) is -0.560. The molecule has 0 radical (unpaired) electrons. The molecule has 32 heavy (non-hydrogen) atoms. The van der Waals surface area contributed by atoms with E-state index in [4.69, 9.17) is 9.47 Å². The predicted molar refractivity (Wildman–Crippen MR) is 118 cm³/mol. The van der Waals surface area contributed by atoms with Crippen LogP contribution in [-0.2, 0) is 37.2 Å². The second-order valence-corrected chi connectivity index (χ2v) is 9.86. The Kier molecular flexibility index (Phi) is 6.76. The lowest BCUT2D eigenvalue weighted by atomic mass is 10.1. The number of benzene rings is 2. The van der Waals surface area contributed by atoms with Gasteiger partial charge >= 0.3 is 5.97 Å². The van der Waals surface area contributed by atoms with Crippen LogP contribution in [0.2, 0.25) is 0 Å². The quantitative estimate of drug-likeness (QED) is 0.610. The molecule has 1 N–H and O–H groups in total. The number of hydrogen-bond acceptors (Lipinski definition) is 6. The van der Waals surface area contributed by atoms with Crippen LogP contribution in [0.15, 0.2) is 47.4 Å². The van der Waals surface area contributed by atoms with Gasteiger partial charge in [-0.05, 0) is 79.6 Å². The molecule has 2 aliphatic rings. The van der Waals surface area contributed by atoms with Crippen molar-refractivity contribution < 1.29 is 27.5 Å². The average molecular weight is 459 g/mol. The Morgan fingerprint density at radius 2 is 1.62 bits per heavy atom. The first-order valence-corrected chi connectivity index (χ1v) is 12.2. The first-order valence-electron chi connectivity index (χ1n) is 10.7. The summed E-state index contributed by atoms with van der Waals surface area (Å²) in [4.78, 5) is 24.1. The number of aryl methyl sites for hydroxylation is 2. The fourth-order valence-electron chi connectivity index (χ4n) is 3.95. The van der Waals surface area contributed by atoms with Gasteiger partial charge in [0.25, 0.3) is 5.91 Å². The van der Waals surface area contributed by atoms with Gasteiger partial charge in [0.1, 0.15) is 5.75 Å². The molecule has 1 aliphatic carbocycles. The van der Waals surface area contributed by atoms with Gasteiger partial charge in [0, 0.05) is 18.8 Å². The number of nitrogens with one attached hydrogen (secondary N) is 1. The number of fused-ring (bicyclic) bond motifs is 1. The molecule has 1 fully saturated rings. The van der Waals surface area contributed by atoms with Crippen LogP contribution < -0.4 is 10.1 Å². The van der Waals surface area contributed by atoms with Crippen molar-refractivity contribution in [3.63, 3.8) is 0 Å². The van der Waals surface area contributed by atoms with E-state index < -0.39 is 28.5 Å². The Morgan fingerprint density at radius 1 is 0.906 bits per heavy atom. The Bertz CT molecular complexity index is 1090. The van der Waals surface area contributed by atoms with Gasteiger partial charge in [-0.25, -0.2) is 13.2 Å². The summed E-state index contributed by atoms with van der Waals surface area (Å²) in [5, 5.41) is 2.58. The summed E-state index contributed by atoms with van der Waals surface area (Å²) in [5.41, 5.74) is 2.98. The van der Waals surface area contributed by atoms with E-state index in [-0.39, 0.29) is 11.5 Å². The maximum absolute atomic E-state index is 12.5. The molecule has 9 heteroatoms. The van der Waals surface area contributed by atoms with E-state index in [1.54, 1.807) is 0 Å². The molecule has 0 saturated carbocycles. The molecular weight excluding hydrogens is 432 g/mol. The van der Waals surface area contributed by atoms with Gasteiger partial charge in [0.2, 0.25) is 10.0 Å². The van der Waals surface area contributed by atoms with Crippen molar-refractivity contribution in [2.24, 2.45) is 0 Å². The van der Waals surface area contributed by atoms with Gasteiger partial charge in [-0.2, -0.15) is 4.31 Å². The zero-order valence-electron chi connectivity index (χ0n) is 17.7. The van der Waals surface area contributed by atoms with Gasteiger partial charge in [0.05, 0.1) is 4.90 Å². The SMILES string of the molecule is O=C(COC(=O)COc1ccc2c(c1)CCC2)Nc1ccc(S(=O)(=O)N2CCCC2)cc1. The lowest BCUT2D eigenvalue weighted by Crippen LogP contribution is -2.27. The van der Waals surface area contributed by atoms with Crippen molar-refractivity contribution in [2.75, 3.05) is 31.6 Å². The molecule has 1 heterocycles. The number of anilines is 1. The van der Waals surface area contributed by atoms with Crippen molar-refractivity contribution in [1.82, 2.24) is 4.31 Å². The number of sulfonamides is 1. The molecule has 2 aromatic rings. The zero-order chi connectivity index (χ0) is 22.6. The maximum Gasteiger partial charge on any atom is 0.344 e. The van der Waals surface area contributed by atoms with E-state index in [9.17, 15) is 18.0 Å². The number of esters is 1. The molecular formula is C23H26N2O6S. The molecule has 8 nitrogen and oxygen atoms in total. The van der Waals surface area contributed by atoms with Crippen molar-refractivity contribution in [1.29, 1.82) is 0 Å². The van der Waals surface area contributed by atoms with Gasteiger partial charge in [-0.3, -0.25) is 4.79 Å². The fourth-order valence-corrected chi connectivity index (χ4v) is 5.47. The number of nitrogens with zero attached hydrogens (tertiary/aromatic N) is 1. The molecule has 0 spiro atoms. The summed E-state index contributed by atoms with van der Waals surface area (Å²) >= 11 is 0. The normalized spacial score (nSPS) is 15.9. The van der Waals surface area contributed by atoms with Crippen LogP contribution in [0.25, 0.3) is 0 Å². The number of hydrogen-bond donors (Lipinski definition) is 1. The van der Waals surface area contributed by atoms with Crippen LogP contribution in [0.4, 0.5) is 5.69 Å². The Balaban J connectivity index is 1.22. The van der Waals surface area contributed by atoms with Crippen molar-refractivity contribution in [3.8, 4) is 5.75 Å². The van der Waals surface area contributed by atoms with Crippen LogP contribution in [0.5, 0.6) is 5.75 Å². The number of ether oxygens (including phenoxy) is 2. The first kappa shape index (κ1) is 22.3. The summed E-state index contributed by atoms with van der Waals surface area (Å²) in [6.07, 6.45) is 4.95. The third kappa shape index (κ3) is 5.28. The lowest BCUT2D eigenvalue weighted by Gasteiger charge is -2.15. The van der Waals surface area contributed by atoms with Gasteiger partial charge in [0.15, 0.2) is 13.2 Å². The lowest BCUT2D eigenvalue weighted by molar-refractivity contribution is -0.149. The maximum atomic E-state index is 12.5. The summed E-state index contributed by atoms with van der Waals surface area (Å²) in [6, 6.07) is 11.7. The summed E-state index contributed by atoms with van der Waals surface area (Å²) in [7, 11) is -3.50. The second kappa shape index (κ2) is 9.70. The van der Waals surface area contributed by atoms with E-state index in [1.165, 1.54) is 39.7 Å². The van der Waals surface area contributed by atoms with Crippen LogP contribution in [0.3, 0.4) is 0 Å². The summed E-state index contributed by atoms with van der Waals surface area (Å²) < 4.78 is 37.0. The van der Waals surface area contributed by atoms with E-state index in [1.807, 2.05) is 18.2 Å². The third-order valence-electron chi connectivity index (χ3n) is 5.63. The third-order valence-corrected chi connectivity index (χ3v) is 7.54. The molecule has 0 aromatic heterocycles. The number of amides is 1. The predicted octanol–water partition coefficient (Wildman–Crippen LogP) is 2.52. The molecule has 1 saturated heterocycles. The van der Waals surface area contributed by atoms with E-state index in [0.717, 1.165) is 32.1 Å². The second-order valence-electron chi connectivity index (χ2n) is 7.92. The van der Waals surface area contributed by atoms with E-state index in [0.29, 0.717) is 24.5 Å². The van der Waals surface area contributed by atoms with E-state index in [2.05, 4.69) is 5.32 Å². The van der Waals surface area contributed by atoms with Crippen LogP contribution >= 0.6 is 0 Å². The zero-order valence-corrected chi connectivity index (χ0v) is 18.5. The van der Waals surface area contributed by atoms with Crippen molar-refractivity contribution in [3.05, 3.63) is 53.6 Å². The average Bonchev–Trinajstić information content (AvgIpc) is 3.49. The minimum absolute atomic E-state index is 0.188. The largest absolute Gasteiger partial charge is 0.482 e. The first-order chi connectivity index (χ1) is 15.4. The fraction of sp³-hybridized carbons (Fsp3) is 0.391. The highest BCUT2D eigenvalue weighted by atomic mass is 32.2. The highest BCUT2D eigenvalue weighted by Crippen LogP contribution is 2.26. The molecule has 0 atom stereocenters. The molecule has 4 rings (SSSR count). The highest BCUT2D eigenvalue weighted by molar-refractivity contribution is 7.89. The number of carbonyl (C=O) groups is 2. The van der Waals surface area contributed by atoms with Crippen LogP contribution in [-0.4, -0.2) is 50.9 Å². The van der Waals surface area contributed by atoms with Gasteiger partial charge in [-0.1, -0.05) is 6.07 Å². The molecule has 0 unspecified atom stereocenters. The molecule has 0 bridgehead atoms. The number of rotatable bonds is 8. The minimum atomic E-state index is -3.50. The van der Waals surface area contributed by atoms with Gasteiger partial charge < -0.3 is 14.8 Å². The number of carbonyl (C=O) groups excluding carboxylic acids is 2. The van der Waals surface area contributed by atoms with Crippen LogP contribution in [0.1, 0.15) is 30.4 Å².